The van der Waals surface area contributed by atoms with Crippen LogP contribution in [0.25, 0.3) is 0 Å². The van der Waals surface area contributed by atoms with E-state index in [-0.39, 0.29) is 10.7 Å². The van der Waals surface area contributed by atoms with Crippen LogP contribution >= 0.6 is 0 Å². The summed E-state index contributed by atoms with van der Waals surface area (Å²) in [6.07, 6.45) is 4.82. The lowest BCUT2D eigenvalue weighted by atomic mass is 10.0. The van der Waals surface area contributed by atoms with Gasteiger partial charge in [-0.05, 0) is 55.0 Å². The number of anilines is 1. The lowest BCUT2D eigenvalue weighted by Gasteiger charge is -2.33. The van der Waals surface area contributed by atoms with Crippen LogP contribution in [0, 0.1) is 23.0 Å². The average Bonchev–Trinajstić information content (AvgIpc) is 3.27. The summed E-state index contributed by atoms with van der Waals surface area (Å²) in [5.74, 6) is 2.30. The highest BCUT2D eigenvalue weighted by atomic mass is 16.6. The second kappa shape index (κ2) is 6.24. The quantitative estimate of drug-likeness (QED) is 0.643. The van der Waals surface area contributed by atoms with Crippen molar-refractivity contribution in [3.05, 3.63) is 15.9 Å². The number of piperidine rings is 1. The highest BCUT2D eigenvalue weighted by Crippen LogP contribution is 2.32. The molecule has 7 nitrogen and oxygen atoms in total. The molecule has 1 aromatic heterocycles. The van der Waals surface area contributed by atoms with Crippen molar-refractivity contribution in [2.24, 2.45) is 5.92 Å². The van der Waals surface area contributed by atoms with Gasteiger partial charge in [0, 0.05) is 32.6 Å². The highest BCUT2D eigenvalue weighted by Gasteiger charge is 2.32. The smallest absolute Gasteiger partial charge is 0.358 e. The van der Waals surface area contributed by atoms with Crippen LogP contribution < -0.4 is 10.2 Å². The van der Waals surface area contributed by atoms with Crippen molar-refractivity contribution < 1.29 is 4.92 Å². The number of nitro groups is 1. The van der Waals surface area contributed by atoms with Gasteiger partial charge >= 0.3 is 5.82 Å². The number of aryl methyl sites for hydroxylation is 1. The fraction of sp³-hybridized carbons (Fsp3) is 0.800. The molecule has 1 N–H and O–H groups in total. The maximum absolute atomic E-state index is 11.3. The Morgan fingerprint density at radius 3 is 2.55 bits per heavy atom. The number of nitrogens with zero attached hydrogens (tertiary/aromatic N) is 4. The lowest BCUT2D eigenvalue weighted by molar-refractivity contribution is -0.388. The van der Waals surface area contributed by atoms with Crippen LogP contribution in [-0.4, -0.2) is 40.2 Å². The van der Waals surface area contributed by atoms with E-state index in [4.69, 9.17) is 0 Å². The van der Waals surface area contributed by atoms with E-state index in [1.165, 1.54) is 12.8 Å². The molecule has 0 radical (unpaired) electrons. The van der Waals surface area contributed by atoms with Crippen LogP contribution in [-0.2, 0) is 6.54 Å². The standard InChI is InChI=1S/C15H25N5O2/c1-3-19-11(2)17-14(20(21)22)15(19)18-8-6-13(7-9-18)16-10-12-4-5-12/h12-13,16H,3-10H2,1-2H3. The first-order chi connectivity index (χ1) is 10.6. The van der Waals surface area contributed by atoms with Crippen molar-refractivity contribution in [1.82, 2.24) is 14.9 Å². The third-order valence-electron chi connectivity index (χ3n) is 4.79. The number of hydrogen-bond acceptors (Lipinski definition) is 5. The summed E-state index contributed by atoms with van der Waals surface area (Å²) in [7, 11) is 0. The molecule has 2 heterocycles. The number of rotatable bonds is 6. The first-order valence-corrected chi connectivity index (χ1v) is 8.30. The summed E-state index contributed by atoms with van der Waals surface area (Å²) in [4.78, 5) is 17.2. The van der Waals surface area contributed by atoms with Crippen molar-refractivity contribution in [3.63, 3.8) is 0 Å². The maximum Gasteiger partial charge on any atom is 0.406 e. The molecule has 0 spiro atoms. The molecule has 22 heavy (non-hydrogen) atoms. The number of hydrogen-bond donors (Lipinski definition) is 1. The Morgan fingerprint density at radius 1 is 1.32 bits per heavy atom. The van der Waals surface area contributed by atoms with Gasteiger partial charge in [0.1, 0.15) is 0 Å². The van der Waals surface area contributed by atoms with Gasteiger partial charge < -0.3 is 20.3 Å². The van der Waals surface area contributed by atoms with Gasteiger partial charge in [0.05, 0.1) is 0 Å². The van der Waals surface area contributed by atoms with Crippen LogP contribution in [0.3, 0.4) is 0 Å². The summed E-state index contributed by atoms with van der Waals surface area (Å²) in [5.41, 5.74) is 0. The fourth-order valence-electron chi connectivity index (χ4n) is 3.30. The summed E-state index contributed by atoms with van der Waals surface area (Å²) < 4.78 is 1.95. The molecule has 0 aromatic carbocycles. The Balaban J connectivity index is 1.68. The zero-order valence-corrected chi connectivity index (χ0v) is 13.4. The van der Waals surface area contributed by atoms with Gasteiger partial charge in [0.15, 0.2) is 0 Å². The highest BCUT2D eigenvalue weighted by molar-refractivity contribution is 5.56. The molecular formula is C15H25N5O2. The molecule has 3 rings (SSSR count). The molecule has 1 saturated carbocycles. The number of aromatic nitrogens is 2. The Labute approximate surface area is 130 Å². The molecule has 122 valence electrons. The van der Waals surface area contributed by atoms with E-state index >= 15 is 0 Å². The van der Waals surface area contributed by atoms with Crippen LogP contribution in [0.4, 0.5) is 11.6 Å². The third-order valence-corrected chi connectivity index (χ3v) is 4.79. The Kier molecular flexibility index (Phi) is 4.33. The Hall–Kier alpha value is -1.63. The Bertz CT molecular complexity index is 544. The summed E-state index contributed by atoms with van der Waals surface area (Å²) >= 11 is 0. The largest absolute Gasteiger partial charge is 0.406 e. The minimum atomic E-state index is -0.355. The van der Waals surface area contributed by atoms with Crippen LogP contribution in [0.15, 0.2) is 0 Å². The van der Waals surface area contributed by atoms with E-state index in [9.17, 15) is 10.1 Å². The molecule has 0 unspecified atom stereocenters. The summed E-state index contributed by atoms with van der Waals surface area (Å²) in [6.45, 7) is 7.40. The minimum absolute atomic E-state index is 0.00346. The van der Waals surface area contributed by atoms with Crippen LogP contribution in [0.1, 0.15) is 38.4 Å². The molecule has 0 amide bonds. The lowest BCUT2D eigenvalue weighted by Crippen LogP contribution is -2.43. The monoisotopic (exact) mass is 307 g/mol. The van der Waals surface area contributed by atoms with Gasteiger partial charge in [0.25, 0.3) is 0 Å². The van der Waals surface area contributed by atoms with Gasteiger partial charge in [-0.2, -0.15) is 0 Å². The molecule has 1 saturated heterocycles. The van der Waals surface area contributed by atoms with Crippen molar-refractivity contribution in [1.29, 1.82) is 0 Å². The summed E-state index contributed by atoms with van der Waals surface area (Å²) in [5, 5.41) is 14.9. The van der Waals surface area contributed by atoms with Crippen molar-refractivity contribution in [3.8, 4) is 0 Å². The fourth-order valence-corrected chi connectivity index (χ4v) is 3.30. The zero-order valence-electron chi connectivity index (χ0n) is 13.4. The van der Waals surface area contributed by atoms with Crippen molar-refractivity contribution >= 4 is 11.6 Å². The van der Waals surface area contributed by atoms with Gasteiger partial charge in [-0.25, -0.2) is 0 Å². The number of imidazole rings is 1. The summed E-state index contributed by atoms with van der Waals surface area (Å²) in [6, 6.07) is 0.551. The van der Waals surface area contributed by atoms with Crippen LogP contribution in [0.2, 0.25) is 0 Å². The van der Waals surface area contributed by atoms with Crippen molar-refractivity contribution in [2.75, 3.05) is 24.5 Å². The SMILES string of the molecule is CCn1c(C)nc([N+](=O)[O-])c1N1CCC(NCC2CC2)CC1. The van der Waals surface area contributed by atoms with E-state index in [0.29, 0.717) is 18.4 Å². The minimum Gasteiger partial charge on any atom is -0.358 e. The van der Waals surface area contributed by atoms with Gasteiger partial charge in [0.2, 0.25) is 11.6 Å². The second-order valence-corrected chi connectivity index (χ2v) is 6.42. The van der Waals surface area contributed by atoms with E-state index in [1.807, 2.05) is 18.4 Å². The molecule has 1 aliphatic carbocycles. The predicted molar refractivity (Wildman–Crippen MR) is 85.3 cm³/mol. The second-order valence-electron chi connectivity index (χ2n) is 6.42. The normalized spacial score (nSPS) is 19.6. The molecule has 1 aromatic rings. The first-order valence-electron chi connectivity index (χ1n) is 8.30. The molecule has 2 aliphatic rings. The van der Waals surface area contributed by atoms with E-state index in [1.54, 1.807) is 0 Å². The topological polar surface area (TPSA) is 76.2 Å². The van der Waals surface area contributed by atoms with Crippen LogP contribution in [0.5, 0.6) is 0 Å². The maximum atomic E-state index is 11.3. The van der Waals surface area contributed by atoms with Gasteiger partial charge in [-0.3, -0.25) is 4.57 Å². The first kappa shape index (κ1) is 15.3. The van der Waals surface area contributed by atoms with Gasteiger partial charge in [-0.15, -0.1) is 0 Å². The number of nitrogens with one attached hydrogen (secondary N) is 1. The van der Waals surface area contributed by atoms with E-state index in [2.05, 4.69) is 15.2 Å². The third kappa shape index (κ3) is 3.09. The molecule has 7 heteroatoms. The van der Waals surface area contributed by atoms with Gasteiger partial charge in [-0.1, -0.05) is 0 Å². The van der Waals surface area contributed by atoms with E-state index in [0.717, 1.165) is 44.2 Å². The average molecular weight is 307 g/mol. The predicted octanol–water partition coefficient (Wildman–Crippen LogP) is 2.09. The molecular weight excluding hydrogens is 282 g/mol. The van der Waals surface area contributed by atoms with E-state index < -0.39 is 0 Å². The zero-order chi connectivity index (χ0) is 15.7. The van der Waals surface area contributed by atoms with Crippen molar-refractivity contribution in [2.45, 2.75) is 52.1 Å². The molecule has 2 fully saturated rings. The Morgan fingerprint density at radius 2 is 2.00 bits per heavy atom. The molecule has 0 bridgehead atoms. The molecule has 1 aliphatic heterocycles. The molecule has 0 atom stereocenters.